The number of ether oxygens (including phenoxy) is 1. The first-order chi connectivity index (χ1) is 10.0. The van der Waals surface area contributed by atoms with Gasteiger partial charge in [0.2, 0.25) is 0 Å². The van der Waals surface area contributed by atoms with Gasteiger partial charge in [0.25, 0.3) is 0 Å². The number of aromatic nitrogens is 1. The van der Waals surface area contributed by atoms with E-state index in [9.17, 15) is 0 Å². The highest BCUT2D eigenvalue weighted by molar-refractivity contribution is 6.30. The molecule has 0 fully saturated rings. The Morgan fingerprint density at radius 1 is 1.24 bits per heavy atom. The summed E-state index contributed by atoms with van der Waals surface area (Å²) >= 11 is 5.89. The smallest absolute Gasteiger partial charge is 0.135 e. The highest BCUT2D eigenvalue weighted by atomic mass is 35.5. The first kappa shape index (κ1) is 15.8. The maximum atomic E-state index is 5.96. The average molecular weight is 305 g/mol. The van der Waals surface area contributed by atoms with Gasteiger partial charge >= 0.3 is 0 Å². The molecule has 0 aliphatic heterocycles. The van der Waals surface area contributed by atoms with Gasteiger partial charge in [0, 0.05) is 35.1 Å². The van der Waals surface area contributed by atoms with Crippen molar-refractivity contribution in [3.05, 3.63) is 52.8 Å². The van der Waals surface area contributed by atoms with E-state index in [0.29, 0.717) is 10.9 Å². The minimum absolute atomic E-state index is 0.615. The van der Waals surface area contributed by atoms with E-state index in [2.05, 4.69) is 24.1 Å². The van der Waals surface area contributed by atoms with Crippen LogP contribution in [-0.2, 0) is 6.54 Å². The molecule has 21 heavy (non-hydrogen) atoms. The Morgan fingerprint density at radius 2 is 1.95 bits per heavy atom. The van der Waals surface area contributed by atoms with Crippen molar-refractivity contribution in [1.82, 2.24) is 10.3 Å². The van der Waals surface area contributed by atoms with Crippen LogP contribution < -0.4 is 10.1 Å². The molecule has 112 valence electrons. The average Bonchev–Trinajstić information content (AvgIpc) is 2.43. The lowest BCUT2D eigenvalue weighted by molar-refractivity contribution is 0.467. The quantitative estimate of drug-likeness (QED) is 0.848. The second-order valence-electron chi connectivity index (χ2n) is 5.51. The minimum Gasteiger partial charge on any atom is -0.457 e. The Bertz CT molecular complexity index is 582. The monoisotopic (exact) mass is 304 g/mol. The highest BCUT2D eigenvalue weighted by Crippen LogP contribution is 2.26. The van der Waals surface area contributed by atoms with Crippen LogP contribution >= 0.6 is 11.6 Å². The number of pyridine rings is 1. The van der Waals surface area contributed by atoms with Crippen molar-refractivity contribution in [2.24, 2.45) is 5.92 Å². The molecular weight excluding hydrogens is 284 g/mol. The summed E-state index contributed by atoms with van der Waals surface area (Å²) in [5.41, 5.74) is 1.99. The molecule has 0 spiro atoms. The summed E-state index contributed by atoms with van der Waals surface area (Å²) in [6.45, 7) is 8.04. The SMILES string of the molecule is Cc1cc(Oc2ccc(Cl)cc2)c(CNCC(C)C)cn1. The molecule has 0 saturated heterocycles. The molecule has 0 atom stereocenters. The molecule has 0 aliphatic rings. The first-order valence-electron chi connectivity index (χ1n) is 7.14. The Labute approximate surface area is 131 Å². The molecule has 0 amide bonds. The summed E-state index contributed by atoms with van der Waals surface area (Å²) in [5.74, 6) is 2.22. The molecule has 2 rings (SSSR count). The van der Waals surface area contributed by atoms with E-state index in [1.807, 2.05) is 43.5 Å². The fourth-order valence-corrected chi connectivity index (χ4v) is 2.04. The van der Waals surface area contributed by atoms with E-state index in [4.69, 9.17) is 16.3 Å². The second-order valence-corrected chi connectivity index (χ2v) is 5.95. The van der Waals surface area contributed by atoms with Crippen molar-refractivity contribution in [3.63, 3.8) is 0 Å². The standard InChI is InChI=1S/C17H21ClN2O/c1-12(2)9-19-10-14-11-20-13(3)8-17(14)21-16-6-4-15(18)5-7-16/h4-8,11-12,19H,9-10H2,1-3H3. The molecule has 1 N–H and O–H groups in total. The first-order valence-corrected chi connectivity index (χ1v) is 7.52. The van der Waals surface area contributed by atoms with E-state index < -0.39 is 0 Å². The summed E-state index contributed by atoms with van der Waals surface area (Å²) in [4.78, 5) is 4.35. The van der Waals surface area contributed by atoms with E-state index in [0.717, 1.165) is 35.8 Å². The lowest BCUT2D eigenvalue weighted by Crippen LogP contribution is -2.19. The summed E-state index contributed by atoms with van der Waals surface area (Å²) in [5, 5.41) is 4.12. The zero-order valence-corrected chi connectivity index (χ0v) is 13.4. The molecule has 0 bridgehead atoms. The third-order valence-corrected chi connectivity index (χ3v) is 3.24. The molecule has 0 radical (unpaired) electrons. The van der Waals surface area contributed by atoms with Crippen molar-refractivity contribution in [3.8, 4) is 11.5 Å². The maximum Gasteiger partial charge on any atom is 0.135 e. The van der Waals surface area contributed by atoms with Gasteiger partial charge in [-0.2, -0.15) is 0 Å². The predicted molar refractivity (Wildman–Crippen MR) is 87.0 cm³/mol. The van der Waals surface area contributed by atoms with Gasteiger partial charge in [0.1, 0.15) is 11.5 Å². The van der Waals surface area contributed by atoms with Crippen LogP contribution in [0.15, 0.2) is 36.5 Å². The number of hydrogen-bond donors (Lipinski definition) is 1. The van der Waals surface area contributed by atoms with Crippen molar-refractivity contribution in [2.45, 2.75) is 27.3 Å². The van der Waals surface area contributed by atoms with Gasteiger partial charge in [-0.05, 0) is 43.7 Å². The molecule has 1 aromatic carbocycles. The topological polar surface area (TPSA) is 34.1 Å². The number of nitrogens with zero attached hydrogens (tertiary/aromatic N) is 1. The third-order valence-electron chi connectivity index (χ3n) is 2.99. The Morgan fingerprint density at radius 3 is 2.62 bits per heavy atom. The lowest BCUT2D eigenvalue weighted by Gasteiger charge is -2.13. The molecule has 1 heterocycles. The second kappa shape index (κ2) is 7.43. The van der Waals surface area contributed by atoms with Gasteiger partial charge in [0.15, 0.2) is 0 Å². The summed E-state index contributed by atoms with van der Waals surface area (Å²) < 4.78 is 5.96. The molecule has 4 heteroatoms. The van der Waals surface area contributed by atoms with Crippen LogP contribution in [0.2, 0.25) is 5.02 Å². The molecule has 0 aliphatic carbocycles. The number of aryl methyl sites for hydroxylation is 1. The van der Waals surface area contributed by atoms with Crippen LogP contribution in [0.25, 0.3) is 0 Å². The van der Waals surface area contributed by atoms with Gasteiger partial charge in [-0.3, -0.25) is 4.98 Å². The van der Waals surface area contributed by atoms with Crippen molar-refractivity contribution < 1.29 is 4.74 Å². The predicted octanol–water partition coefficient (Wildman–Crippen LogP) is 4.58. The van der Waals surface area contributed by atoms with E-state index in [-0.39, 0.29) is 0 Å². The van der Waals surface area contributed by atoms with E-state index in [1.54, 1.807) is 0 Å². The molecule has 1 aromatic heterocycles. The Hall–Kier alpha value is -1.58. The van der Waals surface area contributed by atoms with Crippen LogP contribution in [-0.4, -0.2) is 11.5 Å². The molecule has 3 nitrogen and oxygen atoms in total. The van der Waals surface area contributed by atoms with Crippen LogP contribution in [0.4, 0.5) is 0 Å². The van der Waals surface area contributed by atoms with Crippen LogP contribution in [0.1, 0.15) is 25.1 Å². The molecule has 2 aromatic rings. The maximum absolute atomic E-state index is 5.96. The van der Waals surface area contributed by atoms with Crippen LogP contribution in [0.3, 0.4) is 0 Å². The van der Waals surface area contributed by atoms with Crippen LogP contribution in [0, 0.1) is 12.8 Å². The van der Waals surface area contributed by atoms with Crippen molar-refractivity contribution in [1.29, 1.82) is 0 Å². The zero-order valence-electron chi connectivity index (χ0n) is 12.7. The summed E-state index contributed by atoms with van der Waals surface area (Å²) in [6, 6.07) is 9.33. The van der Waals surface area contributed by atoms with Gasteiger partial charge < -0.3 is 10.1 Å². The van der Waals surface area contributed by atoms with E-state index >= 15 is 0 Å². The zero-order chi connectivity index (χ0) is 15.2. The lowest BCUT2D eigenvalue weighted by atomic mass is 10.2. The minimum atomic E-state index is 0.615. The summed E-state index contributed by atoms with van der Waals surface area (Å²) in [7, 11) is 0. The van der Waals surface area contributed by atoms with Crippen molar-refractivity contribution >= 4 is 11.6 Å². The third kappa shape index (κ3) is 5.03. The number of rotatable bonds is 6. The van der Waals surface area contributed by atoms with Gasteiger partial charge in [-0.25, -0.2) is 0 Å². The van der Waals surface area contributed by atoms with Gasteiger partial charge in [0.05, 0.1) is 0 Å². The number of hydrogen-bond acceptors (Lipinski definition) is 3. The number of halogens is 1. The van der Waals surface area contributed by atoms with Gasteiger partial charge in [-0.15, -0.1) is 0 Å². The summed E-state index contributed by atoms with van der Waals surface area (Å²) in [6.07, 6.45) is 1.87. The largest absolute Gasteiger partial charge is 0.457 e. The normalized spacial score (nSPS) is 10.9. The van der Waals surface area contributed by atoms with Gasteiger partial charge in [-0.1, -0.05) is 25.4 Å². The fourth-order valence-electron chi connectivity index (χ4n) is 1.92. The molecule has 0 unspecified atom stereocenters. The van der Waals surface area contributed by atoms with E-state index in [1.165, 1.54) is 0 Å². The van der Waals surface area contributed by atoms with Crippen LogP contribution in [0.5, 0.6) is 11.5 Å². The highest BCUT2D eigenvalue weighted by Gasteiger charge is 2.07. The van der Waals surface area contributed by atoms with Crippen molar-refractivity contribution in [2.75, 3.05) is 6.54 Å². The fraction of sp³-hybridized carbons (Fsp3) is 0.353. The molecule has 0 saturated carbocycles. The Balaban J connectivity index is 2.12. The number of benzene rings is 1. The Kier molecular flexibility index (Phi) is 5.59. The molecular formula is C17H21ClN2O. The number of nitrogens with one attached hydrogen (secondary N) is 1.